The first-order valence-corrected chi connectivity index (χ1v) is 11.7. The van der Waals surface area contributed by atoms with Crippen LogP contribution in [-0.2, 0) is 11.2 Å². The Morgan fingerprint density at radius 3 is 2.79 bits per heavy atom. The second-order valence-electron chi connectivity index (χ2n) is 9.50. The van der Waals surface area contributed by atoms with Crippen LogP contribution in [0.3, 0.4) is 0 Å². The van der Waals surface area contributed by atoms with Gasteiger partial charge in [0.15, 0.2) is 11.5 Å². The summed E-state index contributed by atoms with van der Waals surface area (Å²) in [7, 11) is 0. The summed E-state index contributed by atoms with van der Waals surface area (Å²) in [5.74, 6) is 0.365. The zero-order valence-corrected chi connectivity index (χ0v) is 19.4. The molecule has 1 unspecified atom stereocenters. The maximum Gasteiger partial charge on any atom is 0.261 e. The molecule has 1 N–H and O–H groups in total. The number of para-hydroxylation sites is 1. The van der Waals surface area contributed by atoms with Crippen molar-refractivity contribution >= 4 is 17.7 Å². The normalized spacial score (nSPS) is 20.2. The number of amides is 3. The zero-order valence-electron chi connectivity index (χ0n) is 19.4. The van der Waals surface area contributed by atoms with E-state index in [4.69, 9.17) is 14.2 Å². The molecule has 5 rings (SSSR count). The summed E-state index contributed by atoms with van der Waals surface area (Å²) >= 11 is 0. The Kier molecular flexibility index (Phi) is 5.77. The van der Waals surface area contributed by atoms with Gasteiger partial charge < -0.3 is 19.5 Å². The number of benzene rings is 2. The lowest BCUT2D eigenvalue weighted by Gasteiger charge is -2.18. The molecular formula is C26H28N2O6. The highest BCUT2D eigenvalue weighted by Crippen LogP contribution is 2.41. The highest BCUT2D eigenvalue weighted by molar-refractivity contribution is 6.22. The van der Waals surface area contributed by atoms with Crippen molar-refractivity contribution in [2.45, 2.75) is 44.8 Å². The fourth-order valence-corrected chi connectivity index (χ4v) is 4.72. The van der Waals surface area contributed by atoms with E-state index in [9.17, 15) is 14.4 Å². The van der Waals surface area contributed by atoms with Crippen LogP contribution in [0.2, 0.25) is 0 Å². The van der Waals surface area contributed by atoms with Gasteiger partial charge in [0.05, 0.1) is 30.3 Å². The van der Waals surface area contributed by atoms with Crippen molar-refractivity contribution in [2.24, 2.45) is 0 Å². The van der Waals surface area contributed by atoms with E-state index in [0.29, 0.717) is 23.5 Å². The van der Waals surface area contributed by atoms with Crippen LogP contribution >= 0.6 is 0 Å². The topological polar surface area (TPSA) is 94.2 Å². The van der Waals surface area contributed by atoms with E-state index in [1.54, 1.807) is 12.1 Å². The molecule has 2 aromatic rings. The first-order valence-electron chi connectivity index (χ1n) is 11.7. The van der Waals surface area contributed by atoms with E-state index in [2.05, 4.69) is 5.32 Å². The van der Waals surface area contributed by atoms with Crippen molar-refractivity contribution in [3.8, 4) is 11.5 Å². The van der Waals surface area contributed by atoms with E-state index in [1.807, 2.05) is 32.0 Å². The van der Waals surface area contributed by atoms with Crippen LogP contribution in [0.15, 0.2) is 36.4 Å². The lowest BCUT2D eigenvalue weighted by atomic mass is 10.0. The van der Waals surface area contributed by atoms with Crippen LogP contribution in [0, 0.1) is 0 Å². The van der Waals surface area contributed by atoms with Gasteiger partial charge in [-0.2, -0.15) is 0 Å². The van der Waals surface area contributed by atoms with Gasteiger partial charge in [0.25, 0.3) is 17.7 Å². The Labute approximate surface area is 198 Å². The van der Waals surface area contributed by atoms with Gasteiger partial charge >= 0.3 is 0 Å². The maximum absolute atomic E-state index is 12.8. The molecule has 0 aliphatic carbocycles. The molecule has 8 nitrogen and oxygen atoms in total. The van der Waals surface area contributed by atoms with Crippen molar-refractivity contribution in [3.05, 3.63) is 58.7 Å². The average Bonchev–Trinajstić information content (AvgIpc) is 3.50. The van der Waals surface area contributed by atoms with E-state index in [-0.39, 0.29) is 54.7 Å². The minimum atomic E-state index is -0.380. The molecule has 2 aromatic carbocycles. The van der Waals surface area contributed by atoms with E-state index in [1.165, 1.54) is 11.0 Å². The summed E-state index contributed by atoms with van der Waals surface area (Å²) in [5, 5.41) is 2.81. The first kappa shape index (κ1) is 22.4. The zero-order chi connectivity index (χ0) is 23.9. The minimum Gasteiger partial charge on any atom is -0.488 e. The Morgan fingerprint density at radius 1 is 1.18 bits per heavy atom. The molecule has 8 heteroatoms. The third-order valence-corrected chi connectivity index (χ3v) is 6.34. The van der Waals surface area contributed by atoms with Crippen molar-refractivity contribution < 1.29 is 28.6 Å². The lowest BCUT2D eigenvalue weighted by Crippen LogP contribution is -2.36. The molecule has 34 heavy (non-hydrogen) atoms. The largest absolute Gasteiger partial charge is 0.488 e. The predicted octanol–water partition coefficient (Wildman–Crippen LogP) is 2.98. The summed E-state index contributed by atoms with van der Waals surface area (Å²) in [6, 6.07) is 10.4. The molecule has 0 spiro atoms. The van der Waals surface area contributed by atoms with Crippen LogP contribution < -0.4 is 14.8 Å². The summed E-state index contributed by atoms with van der Waals surface area (Å²) in [5.41, 5.74) is 1.75. The molecule has 0 saturated carbocycles. The Morgan fingerprint density at radius 2 is 2.00 bits per heavy atom. The third kappa shape index (κ3) is 4.25. The van der Waals surface area contributed by atoms with Crippen LogP contribution in [0.1, 0.15) is 63.3 Å². The fourth-order valence-electron chi connectivity index (χ4n) is 4.72. The van der Waals surface area contributed by atoms with E-state index in [0.717, 1.165) is 30.6 Å². The van der Waals surface area contributed by atoms with Gasteiger partial charge in [-0.1, -0.05) is 12.1 Å². The van der Waals surface area contributed by atoms with Crippen LogP contribution in [-0.4, -0.2) is 60.6 Å². The van der Waals surface area contributed by atoms with Gasteiger partial charge in [-0.15, -0.1) is 0 Å². The van der Waals surface area contributed by atoms with Gasteiger partial charge in [0.1, 0.15) is 12.2 Å². The fraction of sp³-hybridized carbons (Fsp3) is 0.423. The molecule has 0 bridgehead atoms. The minimum absolute atomic E-state index is 0.118. The maximum atomic E-state index is 12.8. The molecule has 1 saturated heterocycles. The van der Waals surface area contributed by atoms with E-state index >= 15 is 0 Å². The Balaban J connectivity index is 1.17. The summed E-state index contributed by atoms with van der Waals surface area (Å²) in [4.78, 5) is 39.4. The van der Waals surface area contributed by atoms with E-state index < -0.39 is 0 Å². The average molecular weight is 465 g/mol. The highest BCUT2D eigenvalue weighted by Gasteiger charge is 2.38. The van der Waals surface area contributed by atoms with Gasteiger partial charge in [-0.05, 0) is 51.0 Å². The van der Waals surface area contributed by atoms with Gasteiger partial charge in [-0.25, -0.2) is 0 Å². The van der Waals surface area contributed by atoms with Crippen LogP contribution in [0.5, 0.6) is 11.5 Å². The highest BCUT2D eigenvalue weighted by atomic mass is 16.5. The molecule has 178 valence electrons. The Hall–Kier alpha value is -3.39. The number of nitrogens with one attached hydrogen (secondary N) is 1. The molecule has 3 aliphatic heterocycles. The number of carbonyl (C=O) groups excluding carboxylic acids is 3. The Bertz CT molecular complexity index is 1150. The summed E-state index contributed by atoms with van der Waals surface area (Å²) in [6.45, 7) is 5.51. The molecular weight excluding hydrogens is 436 g/mol. The van der Waals surface area contributed by atoms with Crippen molar-refractivity contribution in [3.63, 3.8) is 0 Å². The van der Waals surface area contributed by atoms with Gasteiger partial charge in [-0.3, -0.25) is 19.3 Å². The number of nitrogens with zero attached hydrogens (tertiary/aromatic N) is 1. The predicted molar refractivity (Wildman–Crippen MR) is 123 cm³/mol. The quantitative estimate of drug-likeness (QED) is 0.500. The van der Waals surface area contributed by atoms with Crippen molar-refractivity contribution in [2.75, 3.05) is 26.3 Å². The number of fused-ring (bicyclic) bond motifs is 2. The van der Waals surface area contributed by atoms with Gasteiger partial charge in [0, 0.05) is 24.2 Å². The number of imide groups is 1. The number of ether oxygens (including phenoxy) is 3. The molecule has 3 amide bonds. The van der Waals surface area contributed by atoms with Crippen molar-refractivity contribution in [1.82, 2.24) is 10.2 Å². The second kappa shape index (κ2) is 8.76. The number of rotatable bonds is 7. The molecule has 3 heterocycles. The second-order valence-corrected chi connectivity index (χ2v) is 9.50. The molecule has 0 aromatic heterocycles. The standard InChI is InChI=1S/C26H28N2O6/c1-26(2)14-17-5-3-7-21(22(17)34-26)33-12-10-27-23(29)16-8-9-19-20(13-16)25(31)28(24(19)30)15-18-6-4-11-32-18/h3,5,7-9,13,18H,4,6,10-12,14-15H2,1-2H3,(H,27,29). The molecule has 1 atom stereocenters. The summed E-state index contributed by atoms with van der Waals surface area (Å²) in [6.07, 6.45) is 2.46. The molecule has 3 aliphatic rings. The van der Waals surface area contributed by atoms with Crippen molar-refractivity contribution in [1.29, 1.82) is 0 Å². The number of hydrogen-bond donors (Lipinski definition) is 1. The summed E-state index contributed by atoms with van der Waals surface area (Å²) < 4.78 is 17.4. The monoisotopic (exact) mass is 464 g/mol. The number of hydrogen-bond acceptors (Lipinski definition) is 6. The van der Waals surface area contributed by atoms with Crippen LogP contribution in [0.25, 0.3) is 0 Å². The smallest absolute Gasteiger partial charge is 0.261 e. The number of carbonyl (C=O) groups is 3. The SMILES string of the molecule is CC1(C)Cc2cccc(OCCNC(=O)c3ccc4c(c3)C(=O)N(CC3CCCO3)C4=O)c2O1. The van der Waals surface area contributed by atoms with Crippen LogP contribution in [0.4, 0.5) is 0 Å². The lowest BCUT2D eigenvalue weighted by molar-refractivity contribution is 0.0475. The first-order chi connectivity index (χ1) is 16.3. The third-order valence-electron chi connectivity index (χ3n) is 6.34. The van der Waals surface area contributed by atoms with Gasteiger partial charge in [0.2, 0.25) is 0 Å². The molecule has 1 fully saturated rings. The molecule has 0 radical (unpaired) electrons.